The van der Waals surface area contributed by atoms with Crippen LogP contribution in [0.15, 0.2) is 52.3 Å². The van der Waals surface area contributed by atoms with Crippen molar-refractivity contribution in [3.63, 3.8) is 0 Å². The van der Waals surface area contributed by atoms with Gasteiger partial charge >= 0.3 is 5.97 Å². The Morgan fingerprint density at radius 2 is 1.67 bits per heavy atom. The fraction of sp³-hybridized carbons (Fsp3) is 0. The molecule has 1 N–H and O–H groups in total. The van der Waals surface area contributed by atoms with Crippen LogP contribution in [0.5, 0.6) is 0 Å². The number of carbonyl (C=O) groups is 1. The number of halogens is 2. The molecule has 0 aliphatic rings. The van der Waals surface area contributed by atoms with Crippen LogP contribution < -0.4 is 0 Å². The average molecular weight is 299 g/mol. The Labute approximate surface area is 119 Å². The number of carboxylic acid groups (broad SMARTS) is 1. The van der Waals surface area contributed by atoms with Gasteiger partial charge in [-0.25, -0.2) is 4.79 Å². The minimum absolute atomic E-state index is 0.263. The first kappa shape index (κ1) is 13.3. The van der Waals surface area contributed by atoms with Crippen molar-refractivity contribution in [3.8, 4) is 0 Å². The molecule has 0 aliphatic carbocycles. The van der Waals surface area contributed by atoms with Gasteiger partial charge in [-0.3, -0.25) is 0 Å². The van der Waals surface area contributed by atoms with E-state index in [2.05, 4.69) is 0 Å². The highest BCUT2D eigenvalue weighted by Crippen LogP contribution is 2.33. The van der Waals surface area contributed by atoms with Gasteiger partial charge in [-0.05, 0) is 30.3 Å². The summed E-state index contributed by atoms with van der Waals surface area (Å²) < 4.78 is 0. The zero-order chi connectivity index (χ0) is 13.1. The summed E-state index contributed by atoms with van der Waals surface area (Å²) in [6.07, 6.45) is 0. The summed E-state index contributed by atoms with van der Waals surface area (Å²) in [5.74, 6) is -0.953. The zero-order valence-corrected chi connectivity index (χ0v) is 11.4. The van der Waals surface area contributed by atoms with Crippen LogP contribution in [-0.4, -0.2) is 11.1 Å². The van der Waals surface area contributed by atoms with Crippen molar-refractivity contribution < 1.29 is 9.90 Å². The second-order valence-corrected chi connectivity index (χ2v) is 5.50. The Bertz CT molecular complexity index is 579. The number of rotatable bonds is 3. The summed E-state index contributed by atoms with van der Waals surface area (Å²) in [4.78, 5) is 12.5. The van der Waals surface area contributed by atoms with Crippen LogP contribution in [-0.2, 0) is 0 Å². The van der Waals surface area contributed by atoms with Crippen molar-refractivity contribution >= 4 is 40.9 Å². The summed E-state index contributed by atoms with van der Waals surface area (Å²) >= 11 is 13.1. The van der Waals surface area contributed by atoms with E-state index in [-0.39, 0.29) is 5.56 Å². The first-order chi connectivity index (χ1) is 8.56. The molecule has 0 fully saturated rings. The van der Waals surface area contributed by atoms with E-state index in [1.54, 1.807) is 42.5 Å². The van der Waals surface area contributed by atoms with E-state index in [1.807, 2.05) is 0 Å². The quantitative estimate of drug-likeness (QED) is 0.881. The van der Waals surface area contributed by atoms with Gasteiger partial charge in [-0.2, -0.15) is 0 Å². The molecule has 0 bridgehead atoms. The van der Waals surface area contributed by atoms with Crippen molar-refractivity contribution in [2.24, 2.45) is 0 Å². The van der Waals surface area contributed by atoms with E-state index in [1.165, 1.54) is 11.8 Å². The van der Waals surface area contributed by atoms with Gasteiger partial charge in [0, 0.05) is 19.8 Å². The number of hydrogen-bond acceptors (Lipinski definition) is 2. The van der Waals surface area contributed by atoms with Crippen LogP contribution in [0, 0.1) is 0 Å². The minimum Gasteiger partial charge on any atom is -0.478 e. The largest absolute Gasteiger partial charge is 0.478 e. The van der Waals surface area contributed by atoms with Crippen LogP contribution >= 0.6 is 35.0 Å². The van der Waals surface area contributed by atoms with Crippen LogP contribution in [0.25, 0.3) is 0 Å². The monoisotopic (exact) mass is 298 g/mol. The van der Waals surface area contributed by atoms with Crippen molar-refractivity contribution in [1.82, 2.24) is 0 Å². The van der Waals surface area contributed by atoms with E-state index in [9.17, 15) is 4.79 Å². The third-order valence-electron chi connectivity index (χ3n) is 2.18. The lowest BCUT2D eigenvalue weighted by molar-refractivity contribution is 0.0693. The van der Waals surface area contributed by atoms with E-state index in [0.717, 1.165) is 4.90 Å². The molecule has 18 heavy (non-hydrogen) atoms. The molecule has 0 amide bonds. The Morgan fingerprint density at radius 1 is 1.06 bits per heavy atom. The summed E-state index contributed by atoms with van der Waals surface area (Å²) in [6, 6.07) is 11.9. The maximum atomic E-state index is 11.1. The standard InChI is InChI=1S/C13H8Cl2O2S/c14-8-5-9(15)7-10(6-8)18-12-4-2-1-3-11(12)13(16)17/h1-7H,(H,16,17). The van der Waals surface area contributed by atoms with Gasteiger partial charge in [0.05, 0.1) is 5.56 Å². The lowest BCUT2D eigenvalue weighted by Crippen LogP contribution is -1.97. The summed E-state index contributed by atoms with van der Waals surface area (Å²) in [6.45, 7) is 0. The van der Waals surface area contributed by atoms with E-state index >= 15 is 0 Å². The molecule has 0 aliphatic heterocycles. The molecule has 0 saturated heterocycles. The van der Waals surface area contributed by atoms with E-state index in [4.69, 9.17) is 28.3 Å². The Balaban J connectivity index is 2.37. The first-order valence-corrected chi connectivity index (χ1v) is 6.60. The molecule has 5 heteroatoms. The summed E-state index contributed by atoms with van der Waals surface area (Å²) in [7, 11) is 0. The molecular weight excluding hydrogens is 291 g/mol. The van der Waals surface area contributed by atoms with Crippen LogP contribution in [0.1, 0.15) is 10.4 Å². The van der Waals surface area contributed by atoms with Gasteiger partial charge in [0.2, 0.25) is 0 Å². The lowest BCUT2D eigenvalue weighted by Gasteiger charge is -2.06. The van der Waals surface area contributed by atoms with Crippen molar-refractivity contribution in [2.45, 2.75) is 9.79 Å². The van der Waals surface area contributed by atoms with Gasteiger partial charge in [-0.15, -0.1) is 0 Å². The maximum absolute atomic E-state index is 11.1. The number of benzene rings is 2. The molecule has 2 nitrogen and oxygen atoms in total. The highest BCUT2D eigenvalue weighted by Gasteiger charge is 2.10. The predicted molar refractivity (Wildman–Crippen MR) is 74.0 cm³/mol. The third kappa shape index (κ3) is 3.19. The fourth-order valence-electron chi connectivity index (χ4n) is 1.45. The molecule has 0 spiro atoms. The molecule has 0 heterocycles. The van der Waals surface area contributed by atoms with Gasteiger partial charge in [0.25, 0.3) is 0 Å². The molecule has 0 atom stereocenters. The maximum Gasteiger partial charge on any atom is 0.336 e. The minimum atomic E-state index is -0.953. The van der Waals surface area contributed by atoms with Crippen LogP contribution in [0.3, 0.4) is 0 Å². The number of carboxylic acids is 1. The topological polar surface area (TPSA) is 37.3 Å². The molecule has 0 unspecified atom stereocenters. The number of hydrogen-bond donors (Lipinski definition) is 1. The Hall–Kier alpha value is -1.16. The van der Waals surface area contributed by atoms with Gasteiger partial charge in [0.1, 0.15) is 0 Å². The van der Waals surface area contributed by atoms with Crippen molar-refractivity contribution in [2.75, 3.05) is 0 Å². The number of aromatic carboxylic acids is 1. The summed E-state index contributed by atoms with van der Waals surface area (Å²) in [5, 5.41) is 10.1. The second kappa shape index (κ2) is 5.65. The predicted octanol–water partition coefficient (Wildman–Crippen LogP) is 4.84. The zero-order valence-electron chi connectivity index (χ0n) is 9.06. The summed E-state index contributed by atoms with van der Waals surface area (Å²) in [5.41, 5.74) is 0.263. The van der Waals surface area contributed by atoms with Gasteiger partial charge < -0.3 is 5.11 Å². The van der Waals surface area contributed by atoms with Crippen LogP contribution in [0.4, 0.5) is 0 Å². The van der Waals surface area contributed by atoms with Crippen LogP contribution in [0.2, 0.25) is 10.0 Å². The average Bonchev–Trinajstić information content (AvgIpc) is 2.27. The second-order valence-electron chi connectivity index (χ2n) is 3.51. The van der Waals surface area contributed by atoms with Gasteiger partial charge in [0.15, 0.2) is 0 Å². The normalized spacial score (nSPS) is 10.3. The van der Waals surface area contributed by atoms with Gasteiger partial charge in [-0.1, -0.05) is 47.1 Å². The molecule has 2 rings (SSSR count). The molecular formula is C13H8Cl2O2S. The molecule has 0 radical (unpaired) electrons. The van der Waals surface area contributed by atoms with Crippen molar-refractivity contribution in [3.05, 3.63) is 58.1 Å². The van der Waals surface area contributed by atoms with E-state index < -0.39 is 5.97 Å². The third-order valence-corrected chi connectivity index (χ3v) is 3.67. The SMILES string of the molecule is O=C(O)c1ccccc1Sc1cc(Cl)cc(Cl)c1. The van der Waals surface area contributed by atoms with E-state index in [0.29, 0.717) is 14.9 Å². The lowest BCUT2D eigenvalue weighted by atomic mass is 10.2. The smallest absolute Gasteiger partial charge is 0.336 e. The Kier molecular flexibility index (Phi) is 4.17. The highest BCUT2D eigenvalue weighted by molar-refractivity contribution is 7.99. The molecule has 0 saturated carbocycles. The fourth-order valence-corrected chi connectivity index (χ4v) is 3.14. The molecule has 2 aromatic carbocycles. The molecule has 2 aromatic rings. The Morgan fingerprint density at radius 3 is 2.28 bits per heavy atom. The molecule has 92 valence electrons. The molecule has 0 aromatic heterocycles. The highest BCUT2D eigenvalue weighted by atomic mass is 35.5. The first-order valence-electron chi connectivity index (χ1n) is 5.02. The van der Waals surface area contributed by atoms with Crippen molar-refractivity contribution in [1.29, 1.82) is 0 Å².